The highest BCUT2D eigenvalue weighted by molar-refractivity contribution is 6.02. The molecule has 13 heavy (non-hydrogen) atoms. The number of benzene rings is 1. The number of rotatable bonds is 2. The Morgan fingerprint density at radius 3 is 2.38 bits per heavy atom. The zero-order chi connectivity index (χ0) is 9.84. The summed E-state index contributed by atoms with van der Waals surface area (Å²) < 4.78 is 12.5. The van der Waals surface area contributed by atoms with Crippen LogP contribution in [0.4, 0.5) is 10.1 Å². The molecule has 0 radical (unpaired) electrons. The molecule has 0 aliphatic heterocycles. The molecule has 68 valence electrons. The van der Waals surface area contributed by atoms with Crippen molar-refractivity contribution in [3.63, 3.8) is 0 Å². The van der Waals surface area contributed by atoms with Crippen LogP contribution in [-0.4, -0.2) is 5.91 Å². The predicted molar refractivity (Wildman–Crippen MR) is 49.8 cm³/mol. The van der Waals surface area contributed by atoms with Crippen molar-refractivity contribution in [2.45, 2.75) is 6.92 Å². The van der Waals surface area contributed by atoms with E-state index in [2.05, 4.69) is 11.9 Å². The number of nitrogens with one attached hydrogen (secondary N) is 1. The normalized spacial score (nSPS) is 9.38. The fourth-order valence-corrected chi connectivity index (χ4v) is 0.771. The maximum Gasteiger partial charge on any atom is 0.250 e. The first-order chi connectivity index (χ1) is 6.09. The van der Waals surface area contributed by atoms with Crippen molar-refractivity contribution >= 4 is 11.6 Å². The third kappa shape index (κ3) is 2.71. The fraction of sp³-hybridized carbons (Fsp3) is 0.100. The van der Waals surface area contributed by atoms with Gasteiger partial charge in [0.1, 0.15) is 5.82 Å². The lowest BCUT2D eigenvalue weighted by molar-refractivity contribution is -0.112. The van der Waals surface area contributed by atoms with Crippen LogP contribution in [-0.2, 0) is 4.79 Å². The summed E-state index contributed by atoms with van der Waals surface area (Å²) in [5.74, 6) is -0.583. The maximum absolute atomic E-state index is 12.5. The molecule has 0 unspecified atom stereocenters. The molecule has 2 nitrogen and oxygen atoms in total. The summed E-state index contributed by atoms with van der Waals surface area (Å²) in [6.07, 6.45) is 0. The molecule has 1 rings (SSSR count). The monoisotopic (exact) mass is 179 g/mol. The summed E-state index contributed by atoms with van der Waals surface area (Å²) in [6.45, 7) is 5.09. The van der Waals surface area contributed by atoms with E-state index in [1.54, 1.807) is 6.92 Å². The molecule has 1 N–H and O–H groups in total. The topological polar surface area (TPSA) is 29.1 Å². The van der Waals surface area contributed by atoms with Crippen molar-refractivity contribution in [2.24, 2.45) is 0 Å². The van der Waals surface area contributed by atoms with Gasteiger partial charge in [-0.25, -0.2) is 4.39 Å². The predicted octanol–water partition coefficient (Wildman–Crippen LogP) is 2.34. The highest BCUT2D eigenvalue weighted by atomic mass is 19.1. The van der Waals surface area contributed by atoms with E-state index in [0.717, 1.165) is 0 Å². The number of carbonyl (C=O) groups excluding carboxylic acids is 1. The Balaban J connectivity index is 2.70. The van der Waals surface area contributed by atoms with Gasteiger partial charge in [-0.1, -0.05) is 6.58 Å². The second-order valence-corrected chi connectivity index (χ2v) is 2.74. The van der Waals surface area contributed by atoms with Crippen molar-refractivity contribution in [1.29, 1.82) is 0 Å². The molecule has 1 aromatic carbocycles. The van der Waals surface area contributed by atoms with Gasteiger partial charge in [0.25, 0.3) is 5.91 Å². The van der Waals surface area contributed by atoms with Gasteiger partial charge in [0.2, 0.25) is 0 Å². The van der Waals surface area contributed by atoms with Crippen LogP contribution in [0.15, 0.2) is 36.4 Å². The molecule has 0 saturated heterocycles. The van der Waals surface area contributed by atoms with E-state index < -0.39 is 0 Å². The Kier molecular flexibility index (Phi) is 2.80. The first-order valence-electron chi connectivity index (χ1n) is 3.82. The molecule has 0 saturated carbocycles. The minimum atomic E-state index is -0.326. The highest BCUT2D eigenvalue weighted by Gasteiger charge is 2.01. The second kappa shape index (κ2) is 3.85. The van der Waals surface area contributed by atoms with Crippen LogP contribution in [0.25, 0.3) is 0 Å². The van der Waals surface area contributed by atoms with Crippen LogP contribution in [0.1, 0.15) is 6.92 Å². The lowest BCUT2D eigenvalue weighted by Gasteiger charge is -2.03. The Labute approximate surface area is 76.1 Å². The van der Waals surface area contributed by atoms with E-state index in [1.807, 2.05) is 0 Å². The molecule has 0 atom stereocenters. The molecule has 0 bridgehead atoms. The van der Waals surface area contributed by atoms with Gasteiger partial charge in [-0.3, -0.25) is 4.79 Å². The van der Waals surface area contributed by atoms with E-state index in [0.29, 0.717) is 11.3 Å². The van der Waals surface area contributed by atoms with E-state index in [4.69, 9.17) is 0 Å². The van der Waals surface area contributed by atoms with E-state index in [1.165, 1.54) is 24.3 Å². The Bertz CT molecular complexity index is 329. The standard InChI is InChI=1S/C10H10FNO/c1-7(2)10(13)12-9-5-3-8(11)4-6-9/h3-6H,1H2,2H3,(H,12,13). The molecule has 0 aliphatic rings. The molecule has 1 aromatic rings. The SMILES string of the molecule is C=C(C)C(=O)Nc1ccc(F)cc1. The zero-order valence-electron chi connectivity index (χ0n) is 7.30. The third-order valence-electron chi connectivity index (χ3n) is 1.49. The number of anilines is 1. The molecule has 3 heteroatoms. The van der Waals surface area contributed by atoms with Crippen molar-refractivity contribution in [3.05, 3.63) is 42.2 Å². The van der Waals surface area contributed by atoms with E-state index in [-0.39, 0.29) is 11.7 Å². The van der Waals surface area contributed by atoms with Crippen molar-refractivity contribution < 1.29 is 9.18 Å². The maximum atomic E-state index is 12.5. The van der Waals surface area contributed by atoms with Gasteiger partial charge in [0, 0.05) is 11.3 Å². The van der Waals surface area contributed by atoms with Crippen LogP contribution in [0.3, 0.4) is 0 Å². The van der Waals surface area contributed by atoms with E-state index in [9.17, 15) is 9.18 Å². The van der Waals surface area contributed by atoms with Gasteiger partial charge in [0.15, 0.2) is 0 Å². The summed E-state index contributed by atoms with van der Waals surface area (Å²) in [6, 6.07) is 5.56. The molecule has 0 aromatic heterocycles. The Hall–Kier alpha value is -1.64. The summed E-state index contributed by atoms with van der Waals surface area (Å²) in [4.78, 5) is 11.1. The summed E-state index contributed by atoms with van der Waals surface area (Å²) >= 11 is 0. The quantitative estimate of drug-likeness (QED) is 0.693. The minimum absolute atomic E-state index is 0.258. The molecular weight excluding hydrogens is 169 g/mol. The Morgan fingerprint density at radius 2 is 1.92 bits per heavy atom. The summed E-state index contributed by atoms with van der Waals surface area (Å²) in [5, 5.41) is 2.56. The van der Waals surface area contributed by atoms with Crippen LogP contribution >= 0.6 is 0 Å². The minimum Gasteiger partial charge on any atom is -0.322 e. The molecule has 1 amide bonds. The molecular formula is C10H10FNO. The van der Waals surface area contributed by atoms with Gasteiger partial charge in [0.05, 0.1) is 0 Å². The van der Waals surface area contributed by atoms with Gasteiger partial charge >= 0.3 is 0 Å². The summed E-state index contributed by atoms with van der Waals surface area (Å²) in [7, 11) is 0. The first kappa shape index (κ1) is 9.45. The zero-order valence-corrected chi connectivity index (χ0v) is 7.30. The van der Waals surface area contributed by atoms with Crippen molar-refractivity contribution in [3.8, 4) is 0 Å². The molecule has 0 heterocycles. The van der Waals surface area contributed by atoms with Crippen molar-refractivity contribution in [1.82, 2.24) is 0 Å². The van der Waals surface area contributed by atoms with Gasteiger partial charge in [-0.05, 0) is 31.2 Å². The largest absolute Gasteiger partial charge is 0.322 e. The number of carbonyl (C=O) groups is 1. The molecule has 0 spiro atoms. The third-order valence-corrected chi connectivity index (χ3v) is 1.49. The lowest BCUT2D eigenvalue weighted by Crippen LogP contribution is -2.11. The van der Waals surface area contributed by atoms with Crippen LogP contribution < -0.4 is 5.32 Å². The van der Waals surface area contributed by atoms with Gasteiger partial charge < -0.3 is 5.32 Å². The van der Waals surface area contributed by atoms with E-state index >= 15 is 0 Å². The second-order valence-electron chi connectivity index (χ2n) is 2.74. The van der Waals surface area contributed by atoms with Crippen LogP contribution in [0.2, 0.25) is 0 Å². The number of hydrogen-bond acceptors (Lipinski definition) is 1. The number of halogens is 1. The van der Waals surface area contributed by atoms with Gasteiger partial charge in [-0.15, -0.1) is 0 Å². The van der Waals surface area contributed by atoms with Gasteiger partial charge in [-0.2, -0.15) is 0 Å². The molecule has 0 aliphatic carbocycles. The average molecular weight is 179 g/mol. The number of hydrogen-bond donors (Lipinski definition) is 1. The fourth-order valence-electron chi connectivity index (χ4n) is 0.771. The smallest absolute Gasteiger partial charge is 0.250 e. The first-order valence-corrected chi connectivity index (χ1v) is 3.82. The van der Waals surface area contributed by atoms with Crippen LogP contribution in [0.5, 0.6) is 0 Å². The highest BCUT2D eigenvalue weighted by Crippen LogP contribution is 2.08. The average Bonchev–Trinajstić information content (AvgIpc) is 2.08. The van der Waals surface area contributed by atoms with Crippen molar-refractivity contribution in [2.75, 3.05) is 5.32 Å². The number of amides is 1. The molecule has 0 fully saturated rings. The Morgan fingerprint density at radius 1 is 1.38 bits per heavy atom. The summed E-state index contributed by atoms with van der Waals surface area (Å²) in [5.41, 5.74) is 0.985. The lowest BCUT2D eigenvalue weighted by atomic mass is 10.3. The van der Waals surface area contributed by atoms with Crippen LogP contribution in [0, 0.1) is 5.82 Å².